The minimum atomic E-state index is -0.501. The first-order chi connectivity index (χ1) is 5.26. The van der Waals surface area contributed by atoms with Crippen LogP contribution >= 0.6 is 0 Å². The molecule has 11 heavy (non-hydrogen) atoms. The van der Waals surface area contributed by atoms with E-state index >= 15 is 0 Å². The van der Waals surface area contributed by atoms with Crippen LogP contribution in [0.4, 0.5) is 0 Å². The Bertz CT molecular complexity index is 107. The summed E-state index contributed by atoms with van der Waals surface area (Å²) in [6, 6.07) is 0. The molecule has 0 N–H and O–H groups in total. The highest BCUT2D eigenvalue weighted by atomic mass is 16.7. The van der Waals surface area contributed by atoms with Gasteiger partial charge in [0.05, 0.1) is 12.2 Å². The molecule has 0 saturated carbocycles. The normalized spacial score (nSPS) is 38.9. The predicted octanol–water partition coefficient (Wildman–Crippen LogP) is 1.43. The average Bonchev–Trinajstić information content (AvgIpc) is 2.03. The summed E-state index contributed by atoms with van der Waals surface area (Å²) in [7, 11) is 5.52. The van der Waals surface area contributed by atoms with Gasteiger partial charge in [0.15, 0.2) is 0 Å². The highest BCUT2D eigenvalue weighted by Crippen LogP contribution is 2.20. The molecule has 2 atom stereocenters. The van der Waals surface area contributed by atoms with E-state index in [-0.39, 0.29) is 0 Å². The van der Waals surface area contributed by atoms with E-state index in [0.717, 1.165) is 19.3 Å². The second-order valence-corrected chi connectivity index (χ2v) is 2.94. The summed E-state index contributed by atoms with van der Waals surface area (Å²) in [4.78, 5) is 0. The highest BCUT2D eigenvalue weighted by Gasteiger charge is 2.24. The van der Waals surface area contributed by atoms with Crippen LogP contribution in [0.5, 0.6) is 0 Å². The fraction of sp³-hybridized carbons (Fsp3) is 1.00. The van der Waals surface area contributed by atoms with Gasteiger partial charge < -0.3 is 9.47 Å². The molecule has 1 saturated heterocycles. The lowest BCUT2D eigenvalue weighted by atomic mass is 10.0. The van der Waals surface area contributed by atoms with Crippen molar-refractivity contribution in [1.82, 2.24) is 0 Å². The maximum Gasteiger partial charge on any atom is 0.149 e. The van der Waals surface area contributed by atoms with Crippen LogP contribution < -0.4 is 0 Å². The molecule has 0 aromatic carbocycles. The van der Waals surface area contributed by atoms with Crippen LogP contribution in [0.3, 0.4) is 0 Å². The summed E-state index contributed by atoms with van der Waals surface area (Å²) in [5.74, 6) is 0. The largest absolute Gasteiger partial charge is 0.359 e. The first kappa shape index (κ1) is 9.08. The third-order valence-electron chi connectivity index (χ3n) is 2.09. The van der Waals surface area contributed by atoms with E-state index in [9.17, 15) is 0 Å². The van der Waals surface area contributed by atoms with E-state index in [0.29, 0.717) is 12.2 Å². The monoisotopic (exact) mass is 154 g/mol. The number of hydrogen-bond donors (Lipinski definition) is 0. The lowest BCUT2D eigenvalue weighted by molar-refractivity contribution is -0.202. The fourth-order valence-electron chi connectivity index (χ4n) is 1.34. The van der Waals surface area contributed by atoms with Crippen LogP contribution in [0.1, 0.15) is 33.1 Å². The van der Waals surface area contributed by atoms with Gasteiger partial charge in [-0.1, -0.05) is 13.8 Å². The Kier molecular flexibility index (Phi) is 3.40. The molecule has 62 valence electrons. The summed E-state index contributed by atoms with van der Waals surface area (Å²) >= 11 is 0. The molecule has 1 aliphatic heterocycles. The summed E-state index contributed by atoms with van der Waals surface area (Å²) in [5.41, 5.74) is 0. The van der Waals surface area contributed by atoms with Crippen molar-refractivity contribution in [1.29, 1.82) is 0 Å². The van der Waals surface area contributed by atoms with Crippen molar-refractivity contribution in [3.63, 3.8) is 0 Å². The van der Waals surface area contributed by atoms with Gasteiger partial charge in [-0.2, -0.15) is 0 Å². The van der Waals surface area contributed by atoms with Crippen LogP contribution in [0.25, 0.3) is 0 Å². The molecule has 0 amide bonds. The van der Waals surface area contributed by atoms with Crippen molar-refractivity contribution in [3.8, 4) is 0 Å². The van der Waals surface area contributed by atoms with Crippen molar-refractivity contribution in [2.45, 2.75) is 51.5 Å². The van der Waals surface area contributed by atoms with Crippen molar-refractivity contribution < 1.29 is 9.47 Å². The minimum Gasteiger partial charge on any atom is -0.359 e. The first-order valence-electron chi connectivity index (χ1n) is 4.32. The summed E-state index contributed by atoms with van der Waals surface area (Å²) in [6.45, 7) is 4.21. The van der Waals surface area contributed by atoms with Gasteiger partial charge in [0.2, 0.25) is 0 Å². The number of rotatable bonds is 2. The van der Waals surface area contributed by atoms with Crippen molar-refractivity contribution >= 4 is 7.85 Å². The standard InChI is InChI=1S/C8H15BO2/c1-3-6-5-7(4-2)11-8(9)10-6/h6-8H,3-5H2,1-2H3. The molecule has 1 heterocycles. The van der Waals surface area contributed by atoms with Gasteiger partial charge in [-0.25, -0.2) is 0 Å². The lowest BCUT2D eigenvalue weighted by Crippen LogP contribution is -2.37. The molecule has 0 spiro atoms. The molecule has 0 aromatic heterocycles. The van der Waals surface area contributed by atoms with E-state index in [1.807, 2.05) is 0 Å². The summed E-state index contributed by atoms with van der Waals surface area (Å²) in [5, 5.41) is 0. The third-order valence-corrected chi connectivity index (χ3v) is 2.09. The molecule has 0 aliphatic carbocycles. The van der Waals surface area contributed by atoms with Gasteiger partial charge in [0, 0.05) is 0 Å². The van der Waals surface area contributed by atoms with E-state index in [4.69, 9.17) is 17.3 Å². The molecule has 1 aliphatic rings. The van der Waals surface area contributed by atoms with Crippen LogP contribution in [0, 0.1) is 0 Å². The van der Waals surface area contributed by atoms with Crippen LogP contribution in [0.15, 0.2) is 0 Å². The fourth-order valence-corrected chi connectivity index (χ4v) is 1.34. The molecule has 0 aromatic rings. The van der Waals surface area contributed by atoms with Gasteiger partial charge in [0.1, 0.15) is 14.0 Å². The Morgan fingerprint density at radius 1 is 1.18 bits per heavy atom. The quantitative estimate of drug-likeness (QED) is 0.560. The third kappa shape index (κ3) is 2.49. The van der Waals surface area contributed by atoms with Gasteiger partial charge in [-0.15, -0.1) is 0 Å². The summed E-state index contributed by atoms with van der Waals surface area (Å²) in [6.07, 6.45) is 3.12. The smallest absolute Gasteiger partial charge is 0.149 e. The number of hydrogen-bond acceptors (Lipinski definition) is 2. The molecule has 2 unspecified atom stereocenters. The van der Waals surface area contributed by atoms with Crippen LogP contribution in [0.2, 0.25) is 0 Å². The number of ether oxygens (including phenoxy) is 2. The second kappa shape index (κ2) is 4.12. The average molecular weight is 154 g/mol. The maximum atomic E-state index is 5.52. The molecule has 2 nitrogen and oxygen atoms in total. The first-order valence-corrected chi connectivity index (χ1v) is 4.32. The lowest BCUT2D eigenvalue weighted by Gasteiger charge is -2.33. The molecule has 1 fully saturated rings. The van der Waals surface area contributed by atoms with Crippen molar-refractivity contribution in [3.05, 3.63) is 0 Å². The SMILES string of the molecule is [B]C1OC(CC)CC(CC)O1. The predicted molar refractivity (Wildman–Crippen MR) is 44.5 cm³/mol. The van der Waals surface area contributed by atoms with Crippen molar-refractivity contribution in [2.24, 2.45) is 0 Å². The van der Waals surface area contributed by atoms with E-state index in [2.05, 4.69) is 13.8 Å². The molecule has 2 radical (unpaired) electrons. The minimum absolute atomic E-state index is 0.295. The highest BCUT2D eigenvalue weighted by molar-refractivity contribution is 6.10. The van der Waals surface area contributed by atoms with Crippen LogP contribution in [-0.4, -0.2) is 26.2 Å². The van der Waals surface area contributed by atoms with Crippen LogP contribution in [-0.2, 0) is 9.47 Å². The Labute approximate surface area is 69.7 Å². The molecule has 3 heteroatoms. The zero-order valence-electron chi connectivity index (χ0n) is 7.25. The molecule has 1 rings (SSSR count). The zero-order chi connectivity index (χ0) is 8.27. The maximum absolute atomic E-state index is 5.52. The summed E-state index contributed by atoms with van der Waals surface area (Å²) < 4.78 is 10.6. The van der Waals surface area contributed by atoms with Gasteiger partial charge in [-0.3, -0.25) is 0 Å². The Morgan fingerprint density at radius 2 is 1.64 bits per heavy atom. The molecular weight excluding hydrogens is 139 g/mol. The van der Waals surface area contributed by atoms with Gasteiger partial charge >= 0.3 is 0 Å². The van der Waals surface area contributed by atoms with E-state index < -0.39 is 6.19 Å². The van der Waals surface area contributed by atoms with Crippen molar-refractivity contribution in [2.75, 3.05) is 0 Å². The van der Waals surface area contributed by atoms with E-state index in [1.54, 1.807) is 0 Å². The van der Waals surface area contributed by atoms with Gasteiger partial charge in [0.25, 0.3) is 0 Å². The topological polar surface area (TPSA) is 18.5 Å². The van der Waals surface area contributed by atoms with E-state index in [1.165, 1.54) is 0 Å². The zero-order valence-corrected chi connectivity index (χ0v) is 7.25. The Balaban J connectivity index is 2.37. The second-order valence-electron chi connectivity index (χ2n) is 2.94. The Hall–Kier alpha value is -0.0151. The van der Waals surface area contributed by atoms with Gasteiger partial charge in [-0.05, 0) is 19.3 Å². The molecular formula is C8H15BO2. The molecule has 0 bridgehead atoms. The Morgan fingerprint density at radius 3 is 2.00 bits per heavy atom.